The van der Waals surface area contributed by atoms with E-state index in [4.69, 9.17) is 16.7 Å². The van der Waals surface area contributed by atoms with Gasteiger partial charge in [-0.25, -0.2) is 4.39 Å². The number of aliphatic imine (C=N–C) groups is 1. The van der Waals surface area contributed by atoms with Crippen LogP contribution in [0, 0.1) is 11.7 Å². The van der Waals surface area contributed by atoms with Gasteiger partial charge in [0.25, 0.3) is 0 Å². The van der Waals surface area contributed by atoms with Crippen LogP contribution in [0.2, 0.25) is 5.02 Å². The maximum Gasteiger partial charge on any atom is 0.191 e. The fraction of sp³-hybridized carbons (Fsp3) is 0.588. The number of aliphatic hydroxyl groups is 1. The number of hydrogen-bond acceptors (Lipinski definition) is 2. The summed E-state index contributed by atoms with van der Waals surface area (Å²) in [5.74, 6) is 0.503. The van der Waals surface area contributed by atoms with Crippen molar-refractivity contribution in [1.82, 2.24) is 10.6 Å². The van der Waals surface area contributed by atoms with Crippen molar-refractivity contribution in [3.63, 3.8) is 0 Å². The van der Waals surface area contributed by atoms with E-state index in [1.54, 1.807) is 6.07 Å². The van der Waals surface area contributed by atoms with Crippen molar-refractivity contribution < 1.29 is 9.50 Å². The maximum absolute atomic E-state index is 13.2. The van der Waals surface area contributed by atoms with Gasteiger partial charge in [0.15, 0.2) is 5.96 Å². The number of halogens is 2. The average Bonchev–Trinajstić information content (AvgIpc) is 2.49. The summed E-state index contributed by atoms with van der Waals surface area (Å²) in [6, 6.07) is 4.45. The fourth-order valence-electron chi connectivity index (χ4n) is 2.08. The maximum atomic E-state index is 13.2. The van der Waals surface area contributed by atoms with Gasteiger partial charge in [-0.3, -0.25) is 4.99 Å². The Hall–Kier alpha value is -1.33. The highest BCUT2D eigenvalue weighted by atomic mass is 35.5. The Kier molecular flexibility index (Phi) is 7.79. The molecule has 0 heterocycles. The molecule has 1 unspecified atom stereocenters. The van der Waals surface area contributed by atoms with Gasteiger partial charge in [0, 0.05) is 30.1 Å². The van der Waals surface area contributed by atoms with Gasteiger partial charge in [0.2, 0.25) is 0 Å². The Labute approximate surface area is 143 Å². The minimum absolute atomic E-state index is 0.128. The second kappa shape index (κ2) is 9.08. The van der Waals surface area contributed by atoms with Gasteiger partial charge in [-0.05, 0) is 30.5 Å². The van der Waals surface area contributed by atoms with E-state index < -0.39 is 0 Å². The molecule has 0 aliphatic heterocycles. The Morgan fingerprint density at radius 2 is 2.09 bits per heavy atom. The first-order chi connectivity index (χ1) is 10.8. The highest BCUT2D eigenvalue weighted by molar-refractivity contribution is 6.31. The van der Waals surface area contributed by atoms with Crippen molar-refractivity contribution >= 4 is 17.6 Å². The summed E-state index contributed by atoms with van der Waals surface area (Å²) in [4.78, 5) is 4.59. The minimum Gasteiger partial charge on any atom is -0.396 e. The predicted molar refractivity (Wildman–Crippen MR) is 94.7 cm³/mol. The molecule has 0 saturated carbocycles. The Bertz CT molecular complexity index is 535. The third kappa shape index (κ3) is 6.36. The first kappa shape index (κ1) is 19.7. The molecule has 1 atom stereocenters. The quantitative estimate of drug-likeness (QED) is 0.527. The second-order valence-electron chi connectivity index (χ2n) is 6.37. The highest BCUT2D eigenvalue weighted by Gasteiger charge is 2.23. The van der Waals surface area contributed by atoms with Gasteiger partial charge in [-0.1, -0.05) is 38.4 Å². The summed E-state index contributed by atoms with van der Waals surface area (Å²) in [6.07, 6.45) is 0. The summed E-state index contributed by atoms with van der Waals surface area (Å²) < 4.78 is 13.2. The summed E-state index contributed by atoms with van der Waals surface area (Å²) in [5.41, 5.74) is 0.541. The Balaban J connectivity index is 2.83. The molecule has 3 N–H and O–H groups in total. The molecule has 6 heteroatoms. The number of guanidine groups is 1. The van der Waals surface area contributed by atoms with Crippen LogP contribution in [0.3, 0.4) is 0 Å². The normalized spacial score (nSPS) is 13.8. The molecule has 1 aromatic carbocycles. The molecule has 23 heavy (non-hydrogen) atoms. The largest absolute Gasteiger partial charge is 0.396 e. The molecule has 0 radical (unpaired) electrons. The molecule has 1 rings (SSSR count). The molecule has 1 aromatic rings. The van der Waals surface area contributed by atoms with Gasteiger partial charge < -0.3 is 15.7 Å². The lowest BCUT2D eigenvalue weighted by molar-refractivity contribution is 0.238. The van der Waals surface area contributed by atoms with E-state index in [9.17, 15) is 4.39 Å². The lowest BCUT2D eigenvalue weighted by Gasteiger charge is -2.25. The Morgan fingerprint density at radius 3 is 2.65 bits per heavy atom. The van der Waals surface area contributed by atoms with Crippen molar-refractivity contribution in [3.8, 4) is 0 Å². The minimum atomic E-state index is -0.342. The smallest absolute Gasteiger partial charge is 0.191 e. The molecule has 0 amide bonds. The Morgan fingerprint density at radius 1 is 1.39 bits per heavy atom. The summed E-state index contributed by atoms with van der Waals surface area (Å²) in [6.45, 7) is 10.0. The fourth-order valence-corrected chi connectivity index (χ4v) is 2.50. The molecule has 4 nitrogen and oxygen atoms in total. The molecule has 0 saturated heterocycles. The highest BCUT2D eigenvalue weighted by Crippen LogP contribution is 2.30. The standard InChI is InChI=1S/C17H27ClFN3O/c1-5-20-16(21-9-12(2)10-23)22-11-17(3,4)14-7-6-13(19)8-15(14)18/h6-8,12,23H,5,9-11H2,1-4H3,(H2,20,21,22). The zero-order chi connectivity index (χ0) is 17.5. The van der Waals surface area contributed by atoms with Crippen molar-refractivity contribution in [2.45, 2.75) is 33.1 Å². The van der Waals surface area contributed by atoms with Gasteiger partial charge in [-0.2, -0.15) is 0 Å². The van der Waals surface area contributed by atoms with E-state index in [0.717, 1.165) is 12.1 Å². The van der Waals surface area contributed by atoms with E-state index in [2.05, 4.69) is 15.6 Å². The van der Waals surface area contributed by atoms with Crippen LogP contribution in [0.4, 0.5) is 4.39 Å². The topological polar surface area (TPSA) is 56.7 Å². The van der Waals surface area contributed by atoms with Crippen LogP contribution in [-0.2, 0) is 5.41 Å². The number of hydrogen-bond donors (Lipinski definition) is 3. The van der Waals surface area contributed by atoms with Crippen LogP contribution >= 0.6 is 11.6 Å². The second-order valence-corrected chi connectivity index (χ2v) is 6.78. The monoisotopic (exact) mass is 343 g/mol. The van der Waals surface area contributed by atoms with Crippen molar-refractivity contribution in [2.24, 2.45) is 10.9 Å². The van der Waals surface area contributed by atoms with Crippen molar-refractivity contribution in [1.29, 1.82) is 0 Å². The molecule has 0 spiro atoms. The van der Waals surface area contributed by atoms with Crippen LogP contribution in [0.15, 0.2) is 23.2 Å². The first-order valence-electron chi connectivity index (χ1n) is 7.88. The molecule has 0 bridgehead atoms. The molecule has 0 aliphatic carbocycles. The summed E-state index contributed by atoms with van der Waals surface area (Å²) >= 11 is 6.16. The molecule has 0 aliphatic rings. The zero-order valence-electron chi connectivity index (χ0n) is 14.3. The summed E-state index contributed by atoms with van der Waals surface area (Å²) in [5, 5.41) is 15.9. The molecule has 0 fully saturated rings. The third-order valence-electron chi connectivity index (χ3n) is 3.57. The van der Waals surface area contributed by atoms with Gasteiger partial charge in [0.05, 0.1) is 6.54 Å². The SMILES string of the molecule is CCNC(=NCC(C)(C)c1ccc(F)cc1Cl)NCC(C)CO. The lowest BCUT2D eigenvalue weighted by atomic mass is 9.84. The van der Waals surface area contributed by atoms with Gasteiger partial charge in [-0.15, -0.1) is 0 Å². The number of benzene rings is 1. The molecular formula is C17H27ClFN3O. The van der Waals surface area contributed by atoms with E-state index in [0.29, 0.717) is 24.1 Å². The van der Waals surface area contributed by atoms with Gasteiger partial charge in [0.1, 0.15) is 5.82 Å². The van der Waals surface area contributed by atoms with Crippen LogP contribution in [0.5, 0.6) is 0 Å². The van der Waals surface area contributed by atoms with Crippen LogP contribution in [0.1, 0.15) is 33.3 Å². The number of rotatable bonds is 7. The zero-order valence-corrected chi connectivity index (χ0v) is 15.0. The number of aliphatic hydroxyl groups excluding tert-OH is 1. The van der Waals surface area contributed by atoms with Crippen LogP contribution in [0.25, 0.3) is 0 Å². The predicted octanol–water partition coefficient (Wildman–Crippen LogP) is 2.94. The summed E-state index contributed by atoms with van der Waals surface area (Å²) in [7, 11) is 0. The van der Waals surface area contributed by atoms with Crippen LogP contribution in [-0.4, -0.2) is 37.3 Å². The van der Waals surface area contributed by atoms with Crippen molar-refractivity contribution in [3.05, 3.63) is 34.6 Å². The van der Waals surface area contributed by atoms with Gasteiger partial charge >= 0.3 is 0 Å². The van der Waals surface area contributed by atoms with E-state index in [-0.39, 0.29) is 23.8 Å². The first-order valence-corrected chi connectivity index (χ1v) is 8.26. The van der Waals surface area contributed by atoms with E-state index in [1.165, 1.54) is 12.1 Å². The van der Waals surface area contributed by atoms with E-state index >= 15 is 0 Å². The third-order valence-corrected chi connectivity index (χ3v) is 3.88. The van der Waals surface area contributed by atoms with E-state index in [1.807, 2.05) is 27.7 Å². The molecular weight excluding hydrogens is 317 g/mol. The number of nitrogens with one attached hydrogen (secondary N) is 2. The lowest BCUT2D eigenvalue weighted by Crippen LogP contribution is -2.40. The molecule has 0 aromatic heterocycles. The average molecular weight is 344 g/mol. The molecule has 130 valence electrons. The van der Waals surface area contributed by atoms with Crippen molar-refractivity contribution in [2.75, 3.05) is 26.2 Å². The number of nitrogens with zero attached hydrogens (tertiary/aromatic N) is 1. The van der Waals surface area contributed by atoms with Crippen LogP contribution < -0.4 is 10.6 Å².